The maximum absolute atomic E-state index is 5.78. The highest BCUT2D eigenvalue weighted by atomic mass is 16.5. The SMILES string of the molecule is COC(c1ccccc1)c1noc(C(CN)C(C)C)n1. The Morgan fingerprint density at radius 3 is 2.50 bits per heavy atom. The van der Waals surface area contributed by atoms with E-state index in [0.717, 1.165) is 5.56 Å². The lowest BCUT2D eigenvalue weighted by molar-refractivity contribution is 0.126. The molecule has 1 aromatic heterocycles. The zero-order chi connectivity index (χ0) is 14.5. The third-order valence-electron chi connectivity index (χ3n) is 3.41. The standard InChI is InChI=1S/C15H21N3O2/c1-10(2)12(9-16)15-17-14(18-20-15)13(19-3)11-7-5-4-6-8-11/h4-8,10,12-13H,9,16H2,1-3H3. The van der Waals surface area contributed by atoms with Gasteiger partial charge in [-0.2, -0.15) is 4.98 Å². The summed E-state index contributed by atoms with van der Waals surface area (Å²) in [6.45, 7) is 4.67. The van der Waals surface area contributed by atoms with Gasteiger partial charge < -0.3 is 15.0 Å². The summed E-state index contributed by atoms with van der Waals surface area (Å²) in [7, 11) is 1.64. The number of nitrogens with two attached hydrogens (primary N) is 1. The lowest BCUT2D eigenvalue weighted by atomic mass is 9.96. The summed E-state index contributed by atoms with van der Waals surface area (Å²) in [5.74, 6) is 1.54. The molecule has 0 fully saturated rings. The van der Waals surface area contributed by atoms with Crippen LogP contribution in [0.4, 0.5) is 0 Å². The molecule has 2 rings (SSSR count). The Kier molecular flexibility index (Phi) is 4.87. The van der Waals surface area contributed by atoms with Gasteiger partial charge in [0.1, 0.15) is 6.10 Å². The minimum absolute atomic E-state index is 0.0736. The molecule has 108 valence electrons. The maximum atomic E-state index is 5.78. The van der Waals surface area contributed by atoms with Gasteiger partial charge in [0.15, 0.2) is 0 Å². The number of hydrogen-bond acceptors (Lipinski definition) is 5. The normalized spacial score (nSPS) is 14.4. The molecular weight excluding hydrogens is 254 g/mol. The molecule has 0 radical (unpaired) electrons. The van der Waals surface area contributed by atoms with Gasteiger partial charge in [-0.05, 0) is 11.5 Å². The first-order valence-corrected chi connectivity index (χ1v) is 6.78. The molecule has 0 bridgehead atoms. The molecule has 5 nitrogen and oxygen atoms in total. The minimum atomic E-state index is -0.320. The predicted molar refractivity (Wildman–Crippen MR) is 76.2 cm³/mol. The van der Waals surface area contributed by atoms with E-state index in [1.54, 1.807) is 7.11 Å². The van der Waals surface area contributed by atoms with Crippen LogP contribution in [0, 0.1) is 5.92 Å². The molecule has 0 saturated heterocycles. The Labute approximate surface area is 119 Å². The average molecular weight is 275 g/mol. The van der Waals surface area contributed by atoms with Crippen molar-refractivity contribution in [3.63, 3.8) is 0 Å². The average Bonchev–Trinajstić information content (AvgIpc) is 2.90. The van der Waals surface area contributed by atoms with Crippen LogP contribution in [0.15, 0.2) is 34.9 Å². The number of hydrogen-bond donors (Lipinski definition) is 1. The van der Waals surface area contributed by atoms with Gasteiger partial charge in [-0.15, -0.1) is 0 Å². The van der Waals surface area contributed by atoms with Crippen molar-refractivity contribution in [2.75, 3.05) is 13.7 Å². The molecule has 0 aliphatic rings. The Morgan fingerprint density at radius 2 is 1.95 bits per heavy atom. The Morgan fingerprint density at radius 1 is 1.25 bits per heavy atom. The highest BCUT2D eigenvalue weighted by Crippen LogP contribution is 2.26. The molecule has 0 spiro atoms. The van der Waals surface area contributed by atoms with Gasteiger partial charge in [0.05, 0.1) is 5.92 Å². The van der Waals surface area contributed by atoms with Crippen molar-refractivity contribution in [2.45, 2.75) is 25.9 Å². The maximum Gasteiger partial charge on any atom is 0.231 e. The second kappa shape index (κ2) is 6.63. The first kappa shape index (κ1) is 14.7. The summed E-state index contributed by atoms with van der Waals surface area (Å²) < 4.78 is 10.9. The summed E-state index contributed by atoms with van der Waals surface area (Å²) >= 11 is 0. The fraction of sp³-hybridized carbons (Fsp3) is 0.467. The second-order valence-corrected chi connectivity index (χ2v) is 5.10. The van der Waals surface area contributed by atoms with E-state index >= 15 is 0 Å². The quantitative estimate of drug-likeness (QED) is 0.876. The number of ether oxygens (including phenoxy) is 1. The number of benzene rings is 1. The molecular formula is C15H21N3O2. The molecule has 2 N–H and O–H groups in total. The molecule has 0 saturated carbocycles. The minimum Gasteiger partial charge on any atom is -0.369 e. The molecule has 2 atom stereocenters. The van der Waals surface area contributed by atoms with Gasteiger partial charge in [0.25, 0.3) is 0 Å². The van der Waals surface area contributed by atoms with Crippen LogP contribution in [0.5, 0.6) is 0 Å². The van der Waals surface area contributed by atoms with Crippen molar-refractivity contribution in [2.24, 2.45) is 11.7 Å². The zero-order valence-electron chi connectivity index (χ0n) is 12.1. The molecule has 0 aliphatic heterocycles. The summed E-state index contributed by atoms with van der Waals surface area (Å²) in [6, 6.07) is 9.83. The highest BCUT2D eigenvalue weighted by molar-refractivity contribution is 5.22. The van der Waals surface area contributed by atoms with Gasteiger partial charge in [0, 0.05) is 13.7 Å². The lowest BCUT2D eigenvalue weighted by Gasteiger charge is -2.13. The Balaban J connectivity index is 2.27. The zero-order valence-corrected chi connectivity index (χ0v) is 12.1. The van der Waals surface area contributed by atoms with Crippen LogP contribution in [0.3, 0.4) is 0 Å². The number of nitrogens with zero attached hydrogens (tertiary/aromatic N) is 2. The van der Waals surface area contributed by atoms with Crippen LogP contribution in [0.25, 0.3) is 0 Å². The van der Waals surface area contributed by atoms with E-state index < -0.39 is 0 Å². The second-order valence-electron chi connectivity index (χ2n) is 5.10. The van der Waals surface area contributed by atoms with Crippen LogP contribution in [-0.4, -0.2) is 23.8 Å². The summed E-state index contributed by atoms with van der Waals surface area (Å²) in [6.07, 6.45) is -0.320. The summed E-state index contributed by atoms with van der Waals surface area (Å²) in [5.41, 5.74) is 6.77. The number of rotatable bonds is 6. The van der Waals surface area contributed by atoms with Crippen molar-refractivity contribution < 1.29 is 9.26 Å². The van der Waals surface area contributed by atoms with Crippen LogP contribution in [0.2, 0.25) is 0 Å². The van der Waals surface area contributed by atoms with E-state index in [-0.39, 0.29) is 12.0 Å². The molecule has 0 amide bonds. The van der Waals surface area contributed by atoms with E-state index in [4.69, 9.17) is 15.0 Å². The van der Waals surface area contributed by atoms with Crippen LogP contribution in [0.1, 0.15) is 43.1 Å². The third kappa shape index (κ3) is 3.05. The van der Waals surface area contributed by atoms with Gasteiger partial charge in [0.2, 0.25) is 11.7 Å². The third-order valence-corrected chi connectivity index (χ3v) is 3.41. The molecule has 2 aromatic rings. The molecule has 5 heteroatoms. The van der Waals surface area contributed by atoms with Crippen molar-refractivity contribution in [1.82, 2.24) is 10.1 Å². The monoisotopic (exact) mass is 275 g/mol. The largest absolute Gasteiger partial charge is 0.369 e. The van der Waals surface area contributed by atoms with E-state index in [9.17, 15) is 0 Å². The van der Waals surface area contributed by atoms with E-state index in [1.807, 2.05) is 30.3 Å². The van der Waals surface area contributed by atoms with Crippen molar-refractivity contribution in [1.29, 1.82) is 0 Å². The van der Waals surface area contributed by atoms with Gasteiger partial charge in [-0.1, -0.05) is 49.3 Å². The molecule has 2 unspecified atom stereocenters. The van der Waals surface area contributed by atoms with Crippen LogP contribution >= 0.6 is 0 Å². The smallest absolute Gasteiger partial charge is 0.231 e. The molecule has 0 aliphatic carbocycles. The first-order valence-electron chi connectivity index (χ1n) is 6.78. The molecule has 20 heavy (non-hydrogen) atoms. The lowest BCUT2D eigenvalue weighted by Crippen LogP contribution is -2.18. The van der Waals surface area contributed by atoms with E-state index in [1.165, 1.54) is 0 Å². The molecule has 1 heterocycles. The Bertz CT molecular complexity index is 525. The molecule has 1 aromatic carbocycles. The van der Waals surface area contributed by atoms with Gasteiger partial charge in [-0.25, -0.2) is 0 Å². The van der Waals surface area contributed by atoms with Crippen molar-refractivity contribution in [3.05, 3.63) is 47.6 Å². The Hall–Kier alpha value is -1.72. The summed E-state index contributed by atoms with van der Waals surface area (Å²) in [4.78, 5) is 4.47. The van der Waals surface area contributed by atoms with E-state index in [0.29, 0.717) is 24.2 Å². The topological polar surface area (TPSA) is 74.2 Å². The number of methoxy groups -OCH3 is 1. The van der Waals surface area contributed by atoms with Crippen LogP contribution < -0.4 is 5.73 Å². The predicted octanol–water partition coefficient (Wildman–Crippen LogP) is 2.50. The summed E-state index contributed by atoms with van der Waals surface area (Å²) in [5, 5.41) is 4.05. The van der Waals surface area contributed by atoms with E-state index in [2.05, 4.69) is 24.0 Å². The highest BCUT2D eigenvalue weighted by Gasteiger charge is 2.25. The van der Waals surface area contributed by atoms with Crippen molar-refractivity contribution >= 4 is 0 Å². The number of aromatic nitrogens is 2. The fourth-order valence-electron chi connectivity index (χ4n) is 2.18. The van der Waals surface area contributed by atoms with Crippen molar-refractivity contribution in [3.8, 4) is 0 Å². The fourth-order valence-corrected chi connectivity index (χ4v) is 2.18. The van der Waals surface area contributed by atoms with Gasteiger partial charge >= 0.3 is 0 Å². The van der Waals surface area contributed by atoms with Gasteiger partial charge in [-0.3, -0.25) is 0 Å². The van der Waals surface area contributed by atoms with Crippen LogP contribution in [-0.2, 0) is 4.74 Å². The first-order chi connectivity index (χ1) is 9.67.